The predicted molar refractivity (Wildman–Crippen MR) is 112 cm³/mol. The van der Waals surface area contributed by atoms with Crippen molar-refractivity contribution in [3.63, 3.8) is 0 Å². The zero-order valence-corrected chi connectivity index (χ0v) is 17.8. The van der Waals surface area contributed by atoms with Crippen LogP contribution < -0.4 is 0 Å². The first-order chi connectivity index (χ1) is 14.1. The van der Waals surface area contributed by atoms with Crippen LogP contribution in [0.25, 0.3) is 0 Å². The van der Waals surface area contributed by atoms with E-state index >= 15 is 0 Å². The molecule has 29 heavy (non-hydrogen) atoms. The zero-order chi connectivity index (χ0) is 19.6. The van der Waals surface area contributed by atoms with Crippen LogP contribution in [0.2, 0.25) is 0 Å². The van der Waals surface area contributed by atoms with Gasteiger partial charge in [0.05, 0.1) is 5.25 Å². The third-order valence-electron chi connectivity index (χ3n) is 7.93. The first-order valence-electron chi connectivity index (χ1n) is 11.2. The molecule has 152 valence electrons. The van der Waals surface area contributed by atoms with Gasteiger partial charge in [-0.05, 0) is 99.7 Å². The summed E-state index contributed by atoms with van der Waals surface area (Å²) in [4.78, 5) is 13.0. The largest absolute Gasteiger partial charge is 0.415 e. The Labute approximate surface area is 176 Å². The number of Topliss-reactive ketones (excluding diaryl/α,β-unsaturated/α-hetero) is 1. The molecule has 0 radical (unpaired) electrons. The lowest BCUT2D eigenvalue weighted by molar-refractivity contribution is -0.0191. The second-order valence-electron chi connectivity index (χ2n) is 10.0. The summed E-state index contributed by atoms with van der Waals surface area (Å²) in [5, 5.41) is 9.16. The van der Waals surface area contributed by atoms with E-state index in [0.717, 1.165) is 42.0 Å². The molecular weight excluding hydrogens is 380 g/mol. The topological polar surface area (TPSA) is 56.0 Å². The lowest BCUT2D eigenvalue weighted by Gasteiger charge is -2.55. The van der Waals surface area contributed by atoms with E-state index in [-0.39, 0.29) is 16.4 Å². The van der Waals surface area contributed by atoms with Crippen LogP contribution in [0.5, 0.6) is 0 Å². The summed E-state index contributed by atoms with van der Waals surface area (Å²) in [6.45, 7) is 1.95. The maximum atomic E-state index is 13.0. The first kappa shape index (κ1) is 18.2. The number of carbonyl (C=O) groups excluding carboxylic acids is 1. The quantitative estimate of drug-likeness (QED) is 0.490. The van der Waals surface area contributed by atoms with E-state index in [2.05, 4.69) is 22.3 Å². The SMILES string of the molecule is C[C@H](Sc1nnc(C23CC4CC(CC(C4)C2)C3)o1)C(=O)c1ccc2c(c1)CCC2. The summed E-state index contributed by atoms with van der Waals surface area (Å²) < 4.78 is 6.19. The van der Waals surface area contributed by atoms with Gasteiger partial charge in [0, 0.05) is 11.0 Å². The summed E-state index contributed by atoms with van der Waals surface area (Å²) in [6, 6.07) is 6.21. The molecule has 7 rings (SSSR count). The smallest absolute Gasteiger partial charge is 0.277 e. The van der Waals surface area contributed by atoms with Crippen molar-refractivity contribution < 1.29 is 9.21 Å². The fourth-order valence-electron chi connectivity index (χ4n) is 7.01. The highest BCUT2D eigenvalue weighted by molar-refractivity contribution is 8.00. The van der Waals surface area contributed by atoms with Crippen molar-refractivity contribution >= 4 is 17.5 Å². The van der Waals surface area contributed by atoms with Gasteiger partial charge >= 0.3 is 0 Å². The predicted octanol–water partition coefficient (Wildman–Crippen LogP) is 5.39. The van der Waals surface area contributed by atoms with Crippen molar-refractivity contribution in [1.29, 1.82) is 0 Å². The lowest BCUT2D eigenvalue weighted by Crippen LogP contribution is -2.48. The summed E-state index contributed by atoms with van der Waals surface area (Å²) in [7, 11) is 0. The van der Waals surface area contributed by atoms with Gasteiger partial charge in [-0.15, -0.1) is 10.2 Å². The Bertz CT molecular complexity index is 930. The maximum Gasteiger partial charge on any atom is 0.277 e. The lowest BCUT2D eigenvalue weighted by atomic mass is 9.49. The minimum atomic E-state index is -0.223. The number of hydrogen-bond donors (Lipinski definition) is 0. The molecule has 5 aliphatic rings. The summed E-state index contributed by atoms with van der Waals surface area (Å²) in [6.07, 6.45) is 11.3. The molecule has 5 aliphatic carbocycles. The molecule has 4 nitrogen and oxygen atoms in total. The van der Waals surface area contributed by atoms with Crippen molar-refractivity contribution in [1.82, 2.24) is 10.2 Å². The monoisotopic (exact) mass is 408 g/mol. The van der Waals surface area contributed by atoms with E-state index in [1.165, 1.54) is 67.8 Å². The number of rotatable bonds is 5. The fourth-order valence-corrected chi connectivity index (χ4v) is 7.77. The zero-order valence-electron chi connectivity index (χ0n) is 17.0. The molecule has 0 unspecified atom stereocenters. The molecule has 0 N–H and O–H groups in total. The number of benzene rings is 1. The molecule has 1 aromatic carbocycles. The number of aromatic nitrogens is 2. The van der Waals surface area contributed by atoms with Gasteiger partial charge in [-0.25, -0.2) is 0 Å². The van der Waals surface area contributed by atoms with Crippen LogP contribution in [0, 0.1) is 17.8 Å². The highest BCUT2D eigenvalue weighted by Gasteiger charge is 2.54. The summed E-state index contributed by atoms with van der Waals surface area (Å²) in [5.41, 5.74) is 3.67. The number of thioether (sulfide) groups is 1. The minimum Gasteiger partial charge on any atom is -0.415 e. The Morgan fingerprint density at radius 3 is 2.48 bits per heavy atom. The number of aryl methyl sites for hydroxylation is 2. The first-order valence-corrected chi connectivity index (χ1v) is 12.1. The number of nitrogens with zero attached hydrogens (tertiary/aromatic N) is 2. The van der Waals surface area contributed by atoms with E-state index in [1.54, 1.807) is 0 Å². The van der Waals surface area contributed by atoms with Gasteiger partial charge in [-0.3, -0.25) is 4.79 Å². The van der Waals surface area contributed by atoms with Gasteiger partial charge in [0.15, 0.2) is 5.78 Å². The minimum absolute atomic E-state index is 0.119. The number of hydrogen-bond acceptors (Lipinski definition) is 5. The van der Waals surface area contributed by atoms with Crippen LogP contribution in [0.1, 0.15) is 79.2 Å². The molecule has 1 heterocycles. The van der Waals surface area contributed by atoms with Crippen molar-refractivity contribution in [3.8, 4) is 0 Å². The van der Waals surface area contributed by atoms with Crippen molar-refractivity contribution in [3.05, 3.63) is 40.8 Å². The van der Waals surface area contributed by atoms with Gasteiger partial charge in [0.1, 0.15) is 0 Å². The standard InChI is InChI=1S/C24H28N2O2S/c1-14(21(27)20-6-5-18-3-2-4-19(18)10-20)29-23-26-25-22(28-23)24-11-15-7-16(12-24)9-17(8-15)13-24/h5-6,10,14-17H,2-4,7-9,11-13H2,1H3/t14-,15?,16?,17?,24?/m0/s1. The maximum absolute atomic E-state index is 13.0. The van der Waals surface area contributed by atoms with E-state index < -0.39 is 0 Å². The molecule has 5 heteroatoms. The third kappa shape index (κ3) is 3.08. The molecule has 4 bridgehead atoms. The molecule has 2 aromatic rings. The second kappa shape index (κ2) is 6.69. The van der Waals surface area contributed by atoms with Gasteiger partial charge in [0.25, 0.3) is 5.22 Å². The molecule has 0 saturated heterocycles. The molecular formula is C24H28N2O2S. The molecule has 1 aromatic heterocycles. The van der Waals surface area contributed by atoms with E-state index in [0.29, 0.717) is 5.22 Å². The number of carbonyl (C=O) groups is 1. The number of ketones is 1. The van der Waals surface area contributed by atoms with E-state index in [4.69, 9.17) is 4.42 Å². The van der Waals surface area contributed by atoms with Crippen LogP contribution in [-0.2, 0) is 18.3 Å². The Morgan fingerprint density at radius 2 is 1.76 bits per heavy atom. The van der Waals surface area contributed by atoms with Crippen molar-refractivity contribution in [2.24, 2.45) is 17.8 Å². The fraction of sp³-hybridized carbons (Fsp3) is 0.625. The van der Waals surface area contributed by atoms with Crippen LogP contribution in [0.15, 0.2) is 27.8 Å². The van der Waals surface area contributed by atoms with Crippen LogP contribution in [0.4, 0.5) is 0 Å². The van der Waals surface area contributed by atoms with Crippen molar-refractivity contribution in [2.75, 3.05) is 0 Å². The van der Waals surface area contributed by atoms with Gasteiger partial charge in [-0.2, -0.15) is 0 Å². The Kier molecular flexibility index (Phi) is 4.20. The van der Waals surface area contributed by atoms with Crippen molar-refractivity contribution in [2.45, 2.75) is 80.6 Å². The van der Waals surface area contributed by atoms with E-state index in [9.17, 15) is 4.79 Å². The number of fused-ring (bicyclic) bond motifs is 1. The van der Waals surface area contributed by atoms with Gasteiger partial charge in [0.2, 0.25) is 5.89 Å². The molecule has 4 fully saturated rings. The molecule has 0 aliphatic heterocycles. The van der Waals surface area contributed by atoms with Crippen LogP contribution in [-0.4, -0.2) is 21.2 Å². The Hall–Kier alpha value is -1.62. The third-order valence-corrected chi connectivity index (χ3v) is 8.86. The second-order valence-corrected chi connectivity index (χ2v) is 11.3. The van der Waals surface area contributed by atoms with Crippen LogP contribution in [0.3, 0.4) is 0 Å². The Balaban J connectivity index is 1.18. The normalized spacial score (nSPS) is 33.1. The van der Waals surface area contributed by atoms with E-state index in [1.807, 2.05) is 13.0 Å². The molecule has 4 saturated carbocycles. The molecule has 0 amide bonds. The van der Waals surface area contributed by atoms with Crippen LogP contribution >= 0.6 is 11.8 Å². The summed E-state index contributed by atoms with van der Waals surface area (Å²) in [5.74, 6) is 3.55. The highest BCUT2D eigenvalue weighted by atomic mass is 32.2. The molecule has 0 spiro atoms. The Morgan fingerprint density at radius 1 is 1.07 bits per heavy atom. The summed E-state index contributed by atoms with van der Waals surface area (Å²) >= 11 is 1.41. The van der Waals surface area contributed by atoms with Gasteiger partial charge in [-0.1, -0.05) is 23.9 Å². The average molecular weight is 409 g/mol. The molecule has 1 atom stereocenters. The highest BCUT2D eigenvalue weighted by Crippen LogP contribution is 2.60. The average Bonchev–Trinajstić information content (AvgIpc) is 3.35. The van der Waals surface area contributed by atoms with Gasteiger partial charge < -0.3 is 4.42 Å².